The van der Waals surface area contributed by atoms with Crippen LogP contribution in [0.2, 0.25) is 0 Å². The SMILES string of the molecule is Cc1ccc2c(ccc3c4cc5cc6sc7cc(C)ccc7c6cc5cc4[sH+]c23)c1. The first kappa shape index (κ1) is 16.8. The van der Waals surface area contributed by atoms with Crippen LogP contribution in [0.15, 0.2) is 72.8 Å². The molecule has 0 aliphatic carbocycles. The number of fused-ring (bicyclic) bond motifs is 9. The molecule has 5 aromatic carbocycles. The van der Waals surface area contributed by atoms with Crippen molar-refractivity contribution in [2.75, 3.05) is 0 Å². The molecule has 0 saturated carbocycles. The van der Waals surface area contributed by atoms with Crippen LogP contribution in [0, 0.1) is 13.8 Å². The Morgan fingerprint density at radius 1 is 0.533 bits per heavy atom. The summed E-state index contributed by atoms with van der Waals surface area (Å²) in [7, 11) is 0. The van der Waals surface area contributed by atoms with Crippen LogP contribution in [0.3, 0.4) is 0 Å². The largest absolute Gasteiger partial charge is 0.187 e. The Balaban J connectivity index is 1.59. The predicted molar refractivity (Wildman–Crippen MR) is 138 cm³/mol. The van der Waals surface area contributed by atoms with Gasteiger partial charge < -0.3 is 0 Å². The van der Waals surface area contributed by atoms with Gasteiger partial charge in [0.1, 0.15) is 0 Å². The molecule has 0 fully saturated rings. The highest BCUT2D eigenvalue weighted by Crippen LogP contribution is 2.42. The lowest BCUT2D eigenvalue weighted by Crippen LogP contribution is -1.76. The second kappa shape index (κ2) is 5.81. The van der Waals surface area contributed by atoms with Gasteiger partial charge in [0.05, 0.1) is 0 Å². The Kier molecular flexibility index (Phi) is 3.26. The number of benzene rings is 5. The lowest BCUT2D eigenvalue weighted by atomic mass is 10.0. The average Bonchev–Trinajstić information content (AvgIpc) is 3.26. The first-order valence-corrected chi connectivity index (χ1v) is 12.0. The van der Waals surface area contributed by atoms with Crippen LogP contribution >= 0.6 is 22.7 Å². The third-order valence-electron chi connectivity index (χ3n) is 6.37. The maximum atomic E-state index is 2.42. The van der Waals surface area contributed by atoms with E-state index in [0.29, 0.717) is 0 Å². The fourth-order valence-electron chi connectivity index (χ4n) is 4.87. The van der Waals surface area contributed by atoms with E-state index < -0.39 is 0 Å². The molecule has 2 heteroatoms. The van der Waals surface area contributed by atoms with E-state index >= 15 is 0 Å². The summed E-state index contributed by atoms with van der Waals surface area (Å²) in [5.74, 6) is 0. The van der Waals surface area contributed by atoms with Gasteiger partial charge >= 0.3 is 0 Å². The quantitative estimate of drug-likeness (QED) is 0.215. The van der Waals surface area contributed by atoms with Crippen molar-refractivity contribution in [3.05, 3.63) is 83.9 Å². The summed E-state index contributed by atoms with van der Waals surface area (Å²) in [4.78, 5) is 0. The van der Waals surface area contributed by atoms with Gasteiger partial charge in [0.25, 0.3) is 0 Å². The van der Waals surface area contributed by atoms with Gasteiger partial charge in [0.2, 0.25) is 0 Å². The molecule has 2 heterocycles. The smallest absolute Gasteiger partial charge is 0.135 e. The number of thiophene rings is 2. The van der Waals surface area contributed by atoms with Gasteiger partial charge in [-0.2, -0.15) is 0 Å². The predicted octanol–water partition coefficient (Wildman–Crippen LogP) is 9.08. The van der Waals surface area contributed by atoms with Crippen molar-refractivity contribution in [1.82, 2.24) is 0 Å². The maximum absolute atomic E-state index is 2.42. The molecular weight excluding hydrogens is 400 g/mol. The maximum Gasteiger partial charge on any atom is 0.187 e. The average molecular weight is 420 g/mol. The summed E-state index contributed by atoms with van der Waals surface area (Å²) in [5, 5.41) is 11.0. The fourth-order valence-corrected chi connectivity index (χ4v) is 7.49. The lowest BCUT2D eigenvalue weighted by Gasteiger charge is -2.00. The van der Waals surface area contributed by atoms with E-state index in [0.717, 1.165) is 0 Å². The van der Waals surface area contributed by atoms with Crippen molar-refractivity contribution in [2.24, 2.45) is 0 Å². The van der Waals surface area contributed by atoms with Gasteiger partial charge in [-0.25, -0.2) is 0 Å². The number of hydrogen-bond acceptors (Lipinski definition) is 1. The topological polar surface area (TPSA) is 0 Å². The second-order valence-electron chi connectivity index (χ2n) is 8.46. The summed E-state index contributed by atoms with van der Waals surface area (Å²) < 4.78 is 5.66. The van der Waals surface area contributed by atoms with E-state index in [-0.39, 0.29) is 0 Å². The minimum absolute atomic E-state index is 1.32. The van der Waals surface area contributed by atoms with Gasteiger partial charge in [0, 0.05) is 42.4 Å². The molecular formula is C28H19S2+. The minimum Gasteiger partial charge on any atom is -0.135 e. The van der Waals surface area contributed by atoms with E-state index in [1.165, 1.54) is 84.4 Å². The fraction of sp³-hybridized carbons (Fsp3) is 0.0714. The van der Waals surface area contributed by atoms with Crippen LogP contribution in [0.5, 0.6) is 0 Å². The van der Waals surface area contributed by atoms with Crippen LogP contribution in [0.1, 0.15) is 11.1 Å². The zero-order valence-electron chi connectivity index (χ0n) is 16.8. The zero-order chi connectivity index (χ0) is 20.0. The first-order chi connectivity index (χ1) is 14.6. The Labute approximate surface area is 182 Å². The van der Waals surface area contributed by atoms with Crippen molar-refractivity contribution in [2.45, 2.75) is 13.8 Å². The summed E-state index contributed by atoms with van der Waals surface area (Å²) in [6, 6.07) is 27.9. The number of rotatable bonds is 0. The minimum atomic E-state index is 1.32. The Morgan fingerprint density at radius 2 is 1.23 bits per heavy atom. The van der Waals surface area contributed by atoms with Gasteiger partial charge in [-0.1, -0.05) is 35.9 Å². The van der Waals surface area contributed by atoms with Crippen molar-refractivity contribution in [1.29, 1.82) is 0 Å². The summed E-state index contributed by atoms with van der Waals surface area (Å²) in [5.41, 5.74) is 2.65. The molecule has 30 heavy (non-hydrogen) atoms. The van der Waals surface area contributed by atoms with E-state index in [2.05, 4.69) is 86.6 Å². The molecule has 0 saturated heterocycles. The van der Waals surface area contributed by atoms with E-state index in [1.807, 2.05) is 11.3 Å². The highest BCUT2D eigenvalue weighted by atomic mass is 32.1. The van der Waals surface area contributed by atoms with Crippen LogP contribution in [-0.4, -0.2) is 0 Å². The van der Waals surface area contributed by atoms with E-state index in [1.54, 1.807) is 0 Å². The third-order valence-corrected chi connectivity index (χ3v) is 8.80. The third kappa shape index (κ3) is 2.26. The molecule has 0 spiro atoms. The molecule has 0 radical (unpaired) electrons. The Hall–Kier alpha value is -2.94. The highest BCUT2D eigenvalue weighted by molar-refractivity contribution is 7.27. The van der Waals surface area contributed by atoms with Crippen LogP contribution < -0.4 is 0 Å². The Bertz CT molecular complexity index is 1800. The first-order valence-electron chi connectivity index (χ1n) is 10.3. The van der Waals surface area contributed by atoms with Gasteiger partial charge in [-0.15, -0.1) is 11.3 Å². The highest BCUT2D eigenvalue weighted by Gasteiger charge is 2.17. The van der Waals surface area contributed by atoms with Crippen molar-refractivity contribution in [3.8, 4) is 0 Å². The van der Waals surface area contributed by atoms with Crippen LogP contribution in [-0.2, 0) is 0 Å². The normalized spacial score (nSPS) is 12.3. The molecule has 0 atom stereocenters. The molecule has 0 bridgehead atoms. The molecule has 0 N–H and O–H groups in total. The monoisotopic (exact) mass is 419 g/mol. The second-order valence-corrected chi connectivity index (χ2v) is 10.7. The Morgan fingerprint density at radius 3 is 2.13 bits per heavy atom. The molecule has 0 aliphatic rings. The van der Waals surface area contributed by atoms with Gasteiger partial charge in [0.15, 0.2) is 9.40 Å². The molecule has 2 aromatic heterocycles. The van der Waals surface area contributed by atoms with Crippen molar-refractivity contribution < 1.29 is 0 Å². The summed E-state index contributed by atoms with van der Waals surface area (Å²) in [6.45, 7) is 4.34. The zero-order valence-corrected chi connectivity index (χ0v) is 18.5. The summed E-state index contributed by atoms with van der Waals surface area (Å²) in [6.07, 6.45) is 0. The van der Waals surface area contributed by atoms with E-state index in [4.69, 9.17) is 0 Å². The van der Waals surface area contributed by atoms with E-state index in [9.17, 15) is 0 Å². The molecule has 0 amide bonds. The molecule has 0 unspecified atom stereocenters. The molecule has 0 aliphatic heterocycles. The van der Waals surface area contributed by atoms with Crippen molar-refractivity contribution >= 4 is 84.6 Å². The van der Waals surface area contributed by atoms with Gasteiger partial charge in [-0.3, -0.25) is 0 Å². The molecule has 7 aromatic rings. The number of aryl methyl sites for hydroxylation is 2. The lowest BCUT2D eigenvalue weighted by molar-refractivity contribution is 1.51. The standard InChI is InChI=1S/C28H18S2/c1-15-3-6-20-17(9-15)5-8-22-24-12-19-13-26-23(11-18(19)14-27(24)30-28(20)22)21-7-4-16(2)10-25(21)29-26/h3-14H,1-2H3/p+1. The molecule has 142 valence electrons. The number of hydrogen-bond donors (Lipinski definition) is 0. The summed E-state index contributed by atoms with van der Waals surface area (Å²) >= 11 is 3.24. The molecule has 0 nitrogen and oxygen atoms in total. The molecule has 7 rings (SSSR count). The van der Waals surface area contributed by atoms with Crippen LogP contribution in [0.4, 0.5) is 0 Å². The van der Waals surface area contributed by atoms with Crippen LogP contribution in [0.25, 0.3) is 61.9 Å². The van der Waals surface area contributed by atoms with Gasteiger partial charge in [-0.05, 0) is 83.3 Å². The van der Waals surface area contributed by atoms with Crippen molar-refractivity contribution in [3.63, 3.8) is 0 Å².